The Morgan fingerprint density at radius 3 is 2.75 bits per heavy atom. The first-order valence-electron chi connectivity index (χ1n) is 6.92. The summed E-state index contributed by atoms with van der Waals surface area (Å²) in [4.78, 5) is 18.7. The minimum Gasteiger partial charge on any atom is -0.466 e. The highest BCUT2D eigenvalue weighted by atomic mass is 32.2. The van der Waals surface area contributed by atoms with Crippen molar-refractivity contribution in [3.05, 3.63) is 0 Å². The Bertz CT molecular complexity index is 410. The van der Waals surface area contributed by atoms with Gasteiger partial charge in [-0.05, 0) is 25.7 Å². The van der Waals surface area contributed by atoms with E-state index in [0.717, 1.165) is 0 Å². The zero-order valence-electron chi connectivity index (χ0n) is 12.3. The van der Waals surface area contributed by atoms with Crippen molar-refractivity contribution >= 4 is 16.2 Å². The summed E-state index contributed by atoms with van der Waals surface area (Å²) in [5.41, 5.74) is 0. The molecule has 7 nitrogen and oxygen atoms in total. The first kappa shape index (κ1) is 17.4. The average Bonchev–Trinajstić information content (AvgIpc) is 2.38. The van der Waals surface area contributed by atoms with Crippen LogP contribution in [0.15, 0.2) is 0 Å². The highest BCUT2D eigenvalue weighted by molar-refractivity contribution is 7.87. The second-order valence-corrected chi connectivity index (χ2v) is 6.88. The van der Waals surface area contributed by atoms with Gasteiger partial charge in [0.15, 0.2) is 0 Å². The average molecular weight is 308 g/mol. The van der Waals surface area contributed by atoms with Crippen molar-refractivity contribution in [2.24, 2.45) is 11.8 Å². The number of hydrogen-bond donors (Lipinski definition) is 1. The molecule has 1 aliphatic rings. The lowest BCUT2D eigenvalue weighted by atomic mass is 10.0. The van der Waals surface area contributed by atoms with Crippen molar-refractivity contribution in [3.8, 4) is 0 Å². The van der Waals surface area contributed by atoms with Crippen molar-refractivity contribution in [1.29, 1.82) is 0 Å². The van der Waals surface area contributed by atoms with E-state index in [0.29, 0.717) is 32.6 Å². The molecular formula is C12H24N2O5S. The highest BCUT2D eigenvalue weighted by Crippen LogP contribution is 2.19. The normalized spacial score (nSPS) is 21.1. The third-order valence-corrected chi connectivity index (χ3v) is 4.26. The smallest absolute Gasteiger partial charge is 0.310 e. The van der Waals surface area contributed by atoms with Gasteiger partial charge in [0.05, 0.1) is 19.1 Å². The Labute approximate surface area is 120 Å². The van der Waals surface area contributed by atoms with Crippen LogP contribution in [-0.2, 0) is 24.6 Å². The van der Waals surface area contributed by atoms with Crippen LogP contribution in [0.5, 0.6) is 0 Å². The molecule has 1 aliphatic heterocycles. The van der Waals surface area contributed by atoms with Gasteiger partial charge in [-0.25, -0.2) is 0 Å². The van der Waals surface area contributed by atoms with Crippen molar-refractivity contribution < 1.29 is 22.8 Å². The molecule has 0 amide bonds. The number of carbonyl (C=O) groups excluding carboxylic acids is 1. The van der Waals surface area contributed by atoms with Crippen LogP contribution in [0.1, 0.15) is 33.6 Å². The van der Waals surface area contributed by atoms with E-state index in [-0.39, 0.29) is 18.4 Å². The van der Waals surface area contributed by atoms with E-state index in [1.165, 1.54) is 4.31 Å². The molecule has 1 atom stereocenters. The molecule has 20 heavy (non-hydrogen) atoms. The highest BCUT2D eigenvalue weighted by Gasteiger charge is 2.33. The lowest BCUT2D eigenvalue weighted by molar-refractivity contribution is -0.149. The molecule has 1 N–H and O–H groups in total. The molecule has 118 valence electrons. The fourth-order valence-electron chi connectivity index (χ4n) is 1.94. The molecule has 1 fully saturated rings. The molecule has 0 saturated carbocycles. The van der Waals surface area contributed by atoms with E-state index < -0.39 is 16.1 Å². The molecule has 0 aromatic rings. The van der Waals surface area contributed by atoms with Gasteiger partial charge < -0.3 is 4.74 Å². The van der Waals surface area contributed by atoms with Crippen LogP contribution < -0.4 is 4.89 Å². The zero-order valence-corrected chi connectivity index (χ0v) is 13.1. The standard InChI is InChI=1S/C12H24N2O5S/c1-4-18-12(15)11-6-5-7-14(8-11)20(16,17)13-19-9-10(2)3/h10-11,13H,4-9H2,1-3H3. The lowest BCUT2D eigenvalue weighted by Crippen LogP contribution is -2.47. The predicted octanol–water partition coefficient (Wildman–Crippen LogP) is 0.684. The third kappa shape index (κ3) is 5.35. The minimum atomic E-state index is -3.71. The number of esters is 1. The van der Waals surface area contributed by atoms with Crippen LogP contribution in [0, 0.1) is 11.8 Å². The van der Waals surface area contributed by atoms with Gasteiger partial charge in [-0.15, -0.1) is 0 Å². The van der Waals surface area contributed by atoms with Crippen LogP contribution in [-0.4, -0.2) is 45.0 Å². The second kappa shape index (κ2) is 7.92. The molecule has 1 rings (SSSR count). The minimum absolute atomic E-state index is 0.138. The van der Waals surface area contributed by atoms with Gasteiger partial charge in [0, 0.05) is 13.1 Å². The molecule has 0 spiro atoms. The van der Waals surface area contributed by atoms with E-state index >= 15 is 0 Å². The first-order chi connectivity index (χ1) is 9.36. The topological polar surface area (TPSA) is 84.9 Å². The van der Waals surface area contributed by atoms with E-state index in [4.69, 9.17) is 9.57 Å². The van der Waals surface area contributed by atoms with Gasteiger partial charge in [-0.1, -0.05) is 18.7 Å². The third-order valence-electron chi connectivity index (χ3n) is 2.92. The Kier molecular flexibility index (Phi) is 6.87. The van der Waals surface area contributed by atoms with E-state index in [9.17, 15) is 13.2 Å². The van der Waals surface area contributed by atoms with Gasteiger partial charge in [-0.3, -0.25) is 9.63 Å². The summed E-state index contributed by atoms with van der Waals surface area (Å²) in [6.45, 7) is 6.70. The quantitative estimate of drug-likeness (QED) is 0.552. The summed E-state index contributed by atoms with van der Waals surface area (Å²) in [5.74, 6) is -0.507. The van der Waals surface area contributed by atoms with Crippen molar-refractivity contribution in [2.75, 3.05) is 26.3 Å². The fraction of sp³-hybridized carbons (Fsp3) is 0.917. The van der Waals surface area contributed by atoms with Crippen LogP contribution >= 0.6 is 0 Å². The van der Waals surface area contributed by atoms with Gasteiger partial charge in [0.1, 0.15) is 0 Å². The number of piperidine rings is 1. The maximum Gasteiger partial charge on any atom is 0.310 e. The number of nitrogens with zero attached hydrogens (tertiary/aromatic N) is 1. The van der Waals surface area contributed by atoms with Gasteiger partial charge >= 0.3 is 16.2 Å². The SMILES string of the molecule is CCOC(=O)C1CCCN(S(=O)(=O)NOCC(C)C)C1. The van der Waals surface area contributed by atoms with E-state index in [1.807, 2.05) is 13.8 Å². The largest absolute Gasteiger partial charge is 0.466 e. The molecule has 0 aromatic carbocycles. The maximum atomic E-state index is 12.0. The molecule has 1 saturated heterocycles. The molecule has 0 aliphatic carbocycles. The summed E-state index contributed by atoms with van der Waals surface area (Å²) < 4.78 is 30.2. The number of hydrogen-bond acceptors (Lipinski definition) is 5. The fourth-order valence-corrected chi connectivity index (χ4v) is 3.01. The molecule has 1 unspecified atom stereocenters. The summed E-state index contributed by atoms with van der Waals surface area (Å²) in [6, 6.07) is 0. The summed E-state index contributed by atoms with van der Waals surface area (Å²) in [5, 5.41) is 0. The van der Waals surface area contributed by atoms with Crippen LogP contribution in [0.2, 0.25) is 0 Å². The Morgan fingerprint density at radius 1 is 1.45 bits per heavy atom. The van der Waals surface area contributed by atoms with E-state index in [1.54, 1.807) is 6.92 Å². The number of carbonyl (C=O) groups is 1. The summed E-state index contributed by atoms with van der Waals surface area (Å²) >= 11 is 0. The molecule has 0 bridgehead atoms. The summed E-state index contributed by atoms with van der Waals surface area (Å²) in [7, 11) is -3.71. The van der Waals surface area contributed by atoms with Crippen LogP contribution in [0.25, 0.3) is 0 Å². The predicted molar refractivity (Wildman–Crippen MR) is 73.8 cm³/mol. The lowest BCUT2D eigenvalue weighted by Gasteiger charge is -2.30. The molecular weight excluding hydrogens is 284 g/mol. The van der Waals surface area contributed by atoms with Crippen molar-refractivity contribution in [2.45, 2.75) is 33.6 Å². The molecule has 0 radical (unpaired) electrons. The van der Waals surface area contributed by atoms with Gasteiger partial charge in [-0.2, -0.15) is 12.7 Å². The number of rotatable bonds is 7. The second-order valence-electron chi connectivity index (χ2n) is 5.24. The van der Waals surface area contributed by atoms with Crippen LogP contribution in [0.4, 0.5) is 0 Å². The van der Waals surface area contributed by atoms with Gasteiger partial charge in [0.25, 0.3) is 0 Å². The van der Waals surface area contributed by atoms with Crippen molar-refractivity contribution in [3.63, 3.8) is 0 Å². The van der Waals surface area contributed by atoms with Gasteiger partial charge in [0.2, 0.25) is 0 Å². The molecule has 1 heterocycles. The Balaban J connectivity index is 2.54. The summed E-state index contributed by atoms with van der Waals surface area (Å²) in [6.07, 6.45) is 1.28. The Morgan fingerprint density at radius 2 is 2.15 bits per heavy atom. The number of ether oxygens (including phenoxy) is 1. The first-order valence-corrected chi connectivity index (χ1v) is 8.36. The van der Waals surface area contributed by atoms with E-state index in [2.05, 4.69) is 4.89 Å². The van der Waals surface area contributed by atoms with Crippen LogP contribution in [0.3, 0.4) is 0 Å². The monoisotopic (exact) mass is 308 g/mol. The molecule has 8 heteroatoms. The molecule has 0 aromatic heterocycles. The Hall–Kier alpha value is -0.700. The maximum absolute atomic E-state index is 12.0. The number of nitrogens with one attached hydrogen (secondary N) is 1. The van der Waals surface area contributed by atoms with Crippen molar-refractivity contribution in [1.82, 2.24) is 9.19 Å². The zero-order chi connectivity index (χ0) is 15.2.